The minimum Gasteiger partial charge on any atom is -0.330 e. The SMILES string of the molecule is NCCc1ccccc1Sc1nccc(=O)[nH]1. The molecule has 1 aromatic heterocycles. The van der Waals surface area contributed by atoms with Crippen molar-refractivity contribution in [1.82, 2.24) is 9.97 Å². The van der Waals surface area contributed by atoms with Gasteiger partial charge in [0.25, 0.3) is 5.56 Å². The molecule has 1 heterocycles. The molecule has 0 atom stereocenters. The number of nitrogens with zero attached hydrogens (tertiary/aromatic N) is 1. The van der Waals surface area contributed by atoms with Gasteiger partial charge >= 0.3 is 0 Å². The minimum absolute atomic E-state index is 0.140. The summed E-state index contributed by atoms with van der Waals surface area (Å²) in [5, 5.41) is 0.599. The van der Waals surface area contributed by atoms with E-state index in [-0.39, 0.29) is 5.56 Å². The summed E-state index contributed by atoms with van der Waals surface area (Å²) in [6.07, 6.45) is 2.33. The van der Waals surface area contributed by atoms with Crippen LogP contribution in [0.25, 0.3) is 0 Å². The summed E-state index contributed by atoms with van der Waals surface area (Å²) in [5.74, 6) is 0. The van der Waals surface area contributed by atoms with Crippen LogP contribution >= 0.6 is 11.8 Å². The third-order valence-corrected chi connectivity index (χ3v) is 3.26. The van der Waals surface area contributed by atoms with E-state index in [9.17, 15) is 4.79 Å². The number of nitrogens with one attached hydrogen (secondary N) is 1. The number of H-pyrrole nitrogens is 1. The van der Waals surface area contributed by atoms with Crippen molar-refractivity contribution >= 4 is 11.8 Å². The van der Waals surface area contributed by atoms with E-state index in [1.54, 1.807) is 0 Å². The van der Waals surface area contributed by atoms with Crippen molar-refractivity contribution in [1.29, 1.82) is 0 Å². The van der Waals surface area contributed by atoms with Gasteiger partial charge in [-0.1, -0.05) is 30.0 Å². The number of hydrogen-bond donors (Lipinski definition) is 2. The quantitative estimate of drug-likeness (QED) is 0.802. The van der Waals surface area contributed by atoms with Crippen molar-refractivity contribution in [3.05, 3.63) is 52.4 Å². The number of benzene rings is 1. The first kappa shape index (κ1) is 11.9. The molecule has 0 aliphatic carbocycles. The molecule has 0 radical (unpaired) electrons. The van der Waals surface area contributed by atoms with Crippen molar-refractivity contribution in [2.24, 2.45) is 5.73 Å². The molecule has 0 bridgehead atoms. The normalized spacial score (nSPS) is 10.4. The first-order chi connectivity index (χ1) is 8.29. The summed E-state index contributed by atoms with van der Waals surface area (Å²) in [4.78, 5) is 19.0. The average molecular weight is 247 g/mol. The lowest BCUT2D eigenvalue weighted by Gasteiger charge is -2.06. The van der Waals surface area contributed by atoms with Gasteiger partial charge < -0.3 is 10.7 Å². The number of hydrogen-bond acceptors (Lipinski definition) is 4. The van der Waals surface area contributed by atoms with Gasteiger partial charge in [0.15, 0.2) is 5.16 Å². The van der Waals surface area contributed by atoms with Gasteiger partial charge in [0.1, 0.15) is 0 Å². The summed E-state index contributed by atoms with van der Waals surface area (Å²) < 4.78 is 0. The molecule has 5 heteroatoms. The molecular weight excluding hydrogens is 234 g/mol. The maximum atomic E-state index is 11.2. The van der Waals surface area contributed by atoms with Crippen molar-refractivity contribution < 1.29 is 0 Å². The van der Waals surface area contributed by atoms with Crippen LogP contribution in [-0.4, -0.2) is 16.5 Å². The Morgan fingerprint density at radius 2 is 2.12 bits per heavy atom. The Kier molecular flexibility index (Phi) is 3.95. The van der Waals surface area contributed by atoms with Crippen molar-refractivity contribution in [2.45, 2.75) is 16.5 Å². The van der Waals surface area contributed by atoms with Crippen LogP contribution in [0.2, 0.25) is 0 Å². The number of nitrogens with two attached hydrogens (primary N) is 1. The Morgan fingerprint density at radius 1 is 1.29 bits per heavy atom. The predicted octanol–water partition coefficient (Wildman–Crippen LogP) is 1.42. The zero-order chi connectivity index (χ0) is 12.1. The highest BCUT2D eigenvalue weighted by atomic mass is 32.2. The van der Waals surface area contributed by atoms with E-state index in [0.29, 0.717) is 11.7 Å². The second kappa shape index (κ2) is 5.65. The fourth-order valence-corrected chi connectivity index (χ4v) is 2.39. The smallest absolute Gasteiger partial charge is 0.251 e. The fraction of sp³-hybridized carbons (Fsp3) is 0.167. The lowest BCUT2D eigenvalue weighted by Crippen LogP contribution is -2.06. The molecule has 0 fully saturated rings. The highest BCUT2D eigenvalue weighted by molar-refractivity contribution is 7.99. The van der Waals surface area contributed by atoms with Crippen LogP contribution in [0.5, 0.6) is 0 Å². The van der Waals surface area contributed by atoms with E-state index in [4.69, 9.17) is 5.73 Å². The Labute approximate surface area is 103 Å². The largest absolute Gasteiger partial charge is 0.330 e. The van der Waals surface area contributed by atoms with Gasteiger partial charge in [0, 0.05) is 17.2 Å². The van der Waals surface area contributed by atoms with Crippen LogP contribution in [-0.2, 0) is 6.42 Å². The predicted molar refractivity (Wildman–Crippen MR) is 68.2 cm³/mol. The average Bonchev–Trinajstić information content (AvgIpc) is 2.32. The first-order valence-electron chi connectivity index (χ1n) is 5.31. The van der Waals surface area contributed by atoms with E-state index < -0.39 is 0 Å². The third-order valence-electron chi connectivity index (χ3n) is 2.24. The fourth-order valence-electron chi connectivity index (χ4n) is 1.47. The zero-order valence-electron chi connectivity index (χ0n) is 9.22. The Hall–Kier alpha value is -1.59. The van der Waals surface area contributed by atoms with E-state index in [0.717, 1.165) is 11.3 Å². The minimum atomic E-state index is -0.140. The summed E-state index contributed by atoms with van der Waals surface area (Å²) in [7, 11) is 0. The van der Waals surface area contributed by atoms with Gasteiger partial charge in [-0.3, -0.25) is 4.79 Å². The Balaban J connectivity index is 2.26. The van der Waals surface area contributed by atoms with Gasteiger partial charge in [-0.15, -0.1) is 0 Å². The summed E-state index contributed by atoms with van der Waals surface area (Å²) in [6.45, 7) is 0.607. The maximum absolute atomic E-state index is 11.2. The summed E-state index contributed by atoms with van der Waals surface area (Å²) in [6, 6.07) is 9.38. The van der Waals surface area contributed by atoms with Gasteiger partial charge in [-0.05, 0) is 24.6 Å². The second-order valence-electron chi connectivity index (χ2n) is 3.49. The molecule has 0 aliphatic heterocycles. The molecule has 3 N–H and O–H groups in total. The lowest BCUT2D eigenvalue weighted by atomic mass is 10.1. The van der Waals surface area contributed by atoms with Crippen molar-refractivity contribution in [2.75, 3.05) is 6.54 Å². The van der Waals surface area contributed by atoms with E-state index in [2.05, 4.69) is 9.97 Å². The Bertz CT molecular complexity index is 553. The van der Waals surface area contributed by atoms with E-state index >= 15 is 0 Å². The molecule has 0 unspecified atom stereocenters. The molecule has 88 valence electrons. The molecule has 0 aliphatic rings. The number of rotatable bonds is 4. The number of aromatic amines is 1. The van der Waals surface area contributed by atoms with Crippen molar-refractivity contribution in [3.8, 4) is 0 Å². The molecule has 2 rings (SSSR count). The Morgan fingerprint density at radius 3 is 2.88 bits per heavy atom. The van der Waals surface area contributed by atoms with Crippen LogP contribution in [0, 0.1) is 0 Å². The molecule has 0 saturated heterocycles. The van der Waals surface area contributed by atoms with Crippen LogP contribution in [0.4, 0.5) is 0 Å². The zero-order valence-corrected chi connectivity index (χ0v) is 10.0. The van der Waals surface area contributed by atoms with Crippen LogP contribution in [0.1, 0.15) is 5.56 Å². The lowest BCUT2D eigenvalue weighted by molar-refractivity contribution is 0.923. The molecule has 0 spiro atoms. The molecule has 17 heavy (non-hydrogen) atoms. The highest BCUT2D eigenvalue weighted by Crippen LogP contribution is 2.27. The first-order valence-corrected chi connectivity index (χ1v) is 6.12. The number of aromatic nitrogens is 2. The van der Waals surface area contributed by atoms with E-state index in [1.165, 1.54) is 29.6 Å². The molecule has 2 aromatic rings. The van der Waals surface area contributed by atoms with Crippen LogP contribution in [0.3, 0.4) is 0 Å². The van der Waals surface area contributed by atoms with Gasteiger partial charge in [0.2, 0.25) is 0 Å². The molecule has 0 saturated carbocycles. The third kappa shape index (κ3) is 3.18. The van der Waals surface area contributed by atoms with Crippen molar-refractivity contribution in [3.63, 3.8) is 0 Å². The topological polar surface area (TPSA) is 71.8 Å². The highest BCUT2D eigenvalue weighted by Gasteiger charge is 2.04. The van der Waals surface area contributed by atoms with Gasteiger partial charge in [-0.25, -0.2) is 4.98 Å². The molecule has 4 nitrogen and oxygen atoms in total. The van der Waals surface area contributed by atoms with Crippen LogP contribution in [0.15, 0.2) is 51.4 Å². The van der Waals surface area contributed by atoms with Gasteiger partial charge in [0.05, 0.1) is 0 Å². The maximum Gasteiger partial charge on any atom is 0.251 e. The molecule has 0 amide bonds. The summed E-state index contributed by atoms with van der Waals surface area (Å²) >= 11 is 1.45. The van der Waals surface area contributed by atoms with E-state index in [1.807, 2.05) is 24.3 Å². The monoisotopic (exact) mass is 247 g/mol. The second-order valence-corrected chi connectivity index (χ2v) is 4.52. The van der Waals surface area contributed by atoms with Crippen LogP contribution < -0.4 is 11.3 Å². The molecule has 1 aromatic carbocycles. The molecular formula is C12H13N3OS. The summed E-state index contributed by atoms with van der Waals surface area (Å²) in [5.41, 5.74) is 6.60. The van der Waals surface area contributed by atoms with Gasteiger partial charge in [-0.2, -0.15) is 0 Å². The standard InChI is InChI=1S/C12H13N3OS/c13-7-5-9-3-1-2-4-10(9)17-12-14-8-6-11(16)15-12/h1-4,6,8H,5,7,13H2,(H,14,15,16).